The molecule has 0 atom stereocenters. The molecule has 0 radical (unpaired) electrons. The van der Waals surface area contributed by atoms with Gasteiger partial charge < -0.3 is 5.32 Å². The van der Waals surface area contributed by atoms with Gasteiger partial charge in [-0.2, -0.15) is 5.26 Å². The van der Waals surface area contributed by atoms with E-state index in [0.717, 1.165) is 5.92 Å². The van der Waals surface area contributed by atoms with Crippen molar-refractivity contribution in [2.24, 2.45) is 5.92 Å². The van der Waals surface area contributed by atoms with Crippen LogP contribution in [0.4, 0.5) is 0 Å². The molecule has 0 amide bonds. The molecule has 0 spiro atoms. The molecule has 1 saturated carbocycles. The van der Waals surface area contributed by atoms with Crippen molar-refractivity contribution in [1.82, 2.24) is 5.32 Å². The van der Waals surface area contributed by atoms with E-state index in [2.05, 4.69) is 12.2 Å². The number of nitrogens with one attached hydrogen (secondary N) is 1. The van der Waals surface area contributed by atoms with Crippen LogP contribution in [0.15, 0.2) is 0 Å². The molecule has 0 aromatic heterocycles. The third kappa shape index (κ3) is 0.919. The van der Waals surface area contributed by atoms with Crippen molar-refractivity contribution in [2.75, 3.05) is 0 Å². The van der Waals surface area contributed by atoms with Crippen molar-refractivity contribution in [3.8, 4) is 6.19 Å². The molecule has 2 nitrogen and oxygen atoms in total. The third-order valence-electron chi connectivity index (χ3n) is 1.64. The van der Waals surface area contributed by atoms with Gasteiger partial charge in [0.2, 0.25) is 0 Å². The van der Waals surface area contributed by atoms with Gasteiger partial charge in [-0.25, -0.2) is 0 Å². The molecule has 1 rings (SSSR count). The minimum atomic E-state index is 0.495. The summed E-state index contributed by atoms with van der Waals surface area (Å²) >= 11 is 0. The highest BCUT2D eigenvalue weighted by molar-refractivity contribution is 4.86. The second kappa shape index (κ2) is 2.04. The van der Waals surface area contributed by atoms with Crippen LogP contribution < -0.4 is 5.32 Å². The van der Waals surface area contributed by atoms with Gasteiger partial charge in [0.05, 0.1) is 0 Å². The minimum Gasteiger partial charge on any atom is -0.321 e. The molecule has 1 aliphatic carbocycles. The van der Waals surface area contributed by atoms with Gasteiger partial charge in [-0.05, 0) is 18.8 Å². The van der Waals surface area contributed by atoms with Crippen LogP contribution in [0.1, 0.15) is 19.8 Å². The summed E-state index contributed by atoms with van der Waals surface area (Å²) in [6.45, 7) is 2.20. The Morgan fingerprint density at radius 3 is 2.62 bits per heavy atom. The Balaban J connectivity index is 2.09. The monoisotopic (exact) mass is 110 g/mol. The maximum Gasteiger partial charge on any atom is 0.176 e. The van der Waals surface area contributed by atoms with Crippen LogP contribution in [-0.4, -0.2) is 6.04 Å². The van der Waals surface area contributed by atoms with E-state index in [1.54, 1.807) is 0 Å². The second-order valence-corrected chi connectivity index (χ2v) is 2.53. The van der Waals surface area contributed by atoms with Gasteiger partial charge >= 0.3 is 0 Å². The Labute approximate surface area is 49.5 Å². The Hall–Kier alpha value is -0.710. The van der Waals surface area contributed by atoms with Gasteiger partial charge in [0.1, 0.15) is 0 Å². The summed E-state index contributed by atoms with van der Waals surface area (Å²) in [6.07, 6.45) is 4.29. The minimum absolute atomic E-state index is 0.495. The van der Waals surface area contributed by atoms with E-state index in [9.17, 15) is 0 Å². The highest BCUT2D eigenvalue weighted by Gasteiger charge is 2.24. The predicted molar refractivity (Wildman–Crippen MR) is 30.9 cm³/mol. The number of hydrogen-bond donors (Lipinski definition) is 1. The van der Waals surface area contributed by atoms with Crippen LogP contribution in [0.2, 0.25) is 0 Å². The SMILES string of the molecule is C[C@H]1C[C@H](NC#N)C1. The number of rotatable bonds is 1. The van der Waals surface area contributed by atoms with E-state index in [4.69, 9.17) is 5.26 Å². The molecule has 44 valence electrons. The molecule has 0 aromatic rings. The summed E-state index contributed by atoms with van der Waals surface area (Å²) in [5, 5.41) is 10.8. The normalized spacial score (nSPS) is 35.0. The van der Waals surface area contributed by atoms with Crippen molar-refractivity contribution in [1.29, 1.82) is 5.26 Å². The average Bonchev–Trinajstić information content (AvgIpc) is 1.64. The summed E-state index contributed by atoms with van der Waals surface area (Å²) in [5.74, 6) is 0.834. The average molecular weight is 110 g/mol. The van der Waals surface area contributed by atoms with Crippen molar-refractivity contribution >= 4 is 0 Å². The van der Waals surface area contributed by atoms with Crippen LogP contribution in [0, 0.1) is 17.4 Å². The lowest BCUT2D eigenvalue weighted by atomic mass is 9.82. The lowest BCUT2D eigenvalue weighted by Crippen LogP contribution is -2.37. The summed E-state index contributed by atoms with van der Waals surface area (Å²) in [4.78, 5) is 0. The zero-order chi connectivity index (χ0) is 5.98. The molecule has 1 aliphatic rings. The topological polar surface area (TPSA) is 35.8 Å². The first-order valence-electron chi connectivity index (χ1n) is 2.97. The molecule has 0 aliphatic heterocycles. The van der Waals surface area contributed by atoms with Gasteiger partial charge in [-0.15, -0.1) is 0 Å². The van der Waals surface area contributed by atoms with Crippen molar-refractivity contribution < 1.29 is 0 Å². The summed E-state index contributed by atoms with van der Waals surface area (Å²) < 4.78 is 0. The van der Waals surface area contributed by atoms with Crippen LogP contribution >= 0.6 is 0 Å². The van der Waals surface area contributed by atoms with E-state index in [1.165, 1.54) is 12.8 Å². The second-order valence-electron chi connectivity index (χ2n) is 2.53. The number of nitrogens with zero attached hydrogens (tertiary/aromatic N) is 1. The Kier molecular flexibility index (Phi) is 1.38. The van der Waals surface area contributed by atoms with E-state index in [-0.39, 0.29) is 0 Å². The maximum absolute atomic E-state index is 8.13. The smallest absolute Gasteiger partial charge is 0.176 e. The standard InChI is InChI=1S/C6H10N2/c1-5-2-6(3-5)8-4-7/h5-6,8H,2-3H2,1H3/t5-,6-. The highest BCUT2D eigenvalue weighted by atomic mass is 14.9. The van der Waals surface area contributed by atoms with E-state index < -0.39 is 0 Å². The fraction of sp³-hybridized carbons (Fsp3) is 0.833. The van der Waals surface area contributed by atoms with Crippen LogP contribution in [-0.2, 0) is 0 Å². The zero-order valence-electron chi connectivity index (χ0n) is 5.02. The summed E-state index contributed by atoms with van der Waals surface area (Å²) in [6, 6.07) is 0.495. The first-order chi connectivity index (χ1) is 3.83. The zero-order valence-corrected chi connectivity index (χ0v) is 5.02. The largest absolute Gasteiger partial charge is 0.321 e. The molecule has 0 aromatic carbocycles. The van der Waals surface area contributed by atoms with Gasteiger partial charge in [0.15, 0.2) is 6.19 Å². The molecule has 0 unspecified atom stereocenters. The maximum atomic E-state index is 8.13. The van der Waals surface area contributed by atoms with Crippen molar-refractivity contribution in [3.05, 3.63) is 0 Å². The molecular weight excluding hydrogens is 100 g/mol. The molecule has 2 heteroatoms. The van der Waals surface area contributed by atoms with Crippen LogP contribution in [0.25, 0.3) is 0 Å². The van der Waals surface area contributed by atoms with Crippen molar-refractivity contribution in [2.45, 2.75) is 25.8 Å². The molecule has 0 bridgehead atoms. The molecule has 1 fully saturated rings. The fourth-order valence-corrected chi connectivity index (χ4v) is 1.11. The summed E-state index contributed by atoms with van der Waals surface area (Å²) in [5.41, 5.74) is 0. The first kappa shape index (κ1) is 5.43. The molecular formula is C6H10N2. The van der Waals surface area contributed by atoms with E-state index in [1.807, 2.05) is 6.19 Å². The Morgan fingerprint density at radius 1 is 1.62 bits per heavy atom. The third-order valence-corrected chi connectivity index (χ3v) is 1.64. The van der Waals surface area contributed by atoms with Gasteiger partial charge in [-0.1, -0.05) is 6.92 Å². The molecule has 1 N–H and O–H groups in total. The lowest BCUT2D eigenvalue weighted by Gasteiger charge is -2.30. The van der Waals surface area contributed by atoms with Gasteiger partial charge in [0.25, 0.3) is 0 Å². The van der Waals surface area contributed by atoms with Gasteiger partial charge in [0, 0.05) is 6.04 Å². The van der Waals surface area contributed by atoms with Crippen LogP contribution in [0.5, 0.6) is 0 Å². The molecule has 0 saturated heterocycles. The number of nitriles is 1. The quantitative estimate of drug-likeness (QED) is 0.401. The molecule has 0 heterocycles. The molecule has 8 heavy (non-hydrogen) atoms. The first-order valence-corrected chi connectivity index (χ1v) is 2.97. The number of hydrogen-bond acceptors (Lipinski definition) is 2. The highest BCUT2D eigenvalue weighted by Crippen LogP contribution is 2.25. The fourth-order valence-electron chi connectivity index (χ4n) is 1.11. The lowest BCUT2D eigenvalue weighted by molar-refractivity contribution is 0.264. The van der Waals surface area contributed by atoms with E-state index >= 15 is 0 Å². The van der Waals surface area contributed by atoms with Crippen molar-refractivity contribution in [3.63, 3.8) is 0 Å². The predicted octanol–water partition coefficient (Wildman–Crippen LogP) is 0.856. The van der Waals surface area contributed by atoms with Crippen LogP contribution in [0.3, 0.4) is 0 Å². The Bertz CT molecular complexity index is 108. The van der Waals surface area contributed by atoms with E-state index in [0.29, 0.717) is 6.04 Å². The van der Waals surface area contributed by atoms with Gasteiger partial charge in [-0.3, -0.25) is 0 Å². The Morgan fingerprint density at radius 2 is 2.25 bits per heavy atom. The summed E-state index contributed by atoms with van der Waals surface area (Å²) in [7, 11) is 0.